The molecule has 0 atom stereocenters. The van der Waals surface area contributed by atoms with Crippen LogP contribution in [0.25, 0.3) is 5.52 Å². The highest BCUT2D eigenvalue weighted by molar-refractivity contribution is 6.05. The monoisotopic (exact) mass is 282 g/mol. The number of hydrogen-bond donors (Lipinski definition) is 1. The molecule has 7 heteroatoms. The van der Waals surface area contributed by atoms with E-state index in [0.29, 0.717) is 11.3 Å². The average molecular weight is 282 g/mol. The Balaban J connectivity index is 1.85. The minimum Gasteiger partial charge on any atom is -0.322 e. The van der Waals surface area contributed by atoms with Gasteiger partial charge in [-0.3, -0.25) is 14.9 Å². The van der Waals surface area contributed by atoms with Crippen molar-refractivity contribution in [1.82, 2.24) is 9.38 Å². The molecule has 0 aliphatic carbocycles. The number of rotatable bonds is 3. The first-order valence-corrected chi connectivity index (χ1v) is 6.11. The number of hydrogen-bond acceptors (Lipinski definition) is 4. The van der Waals surface area contributed by atoms with Gasteiger partial charge in [0.05, 0.1) is 23.0 Å². The molecule has 104 valence electrons. The molecule has 0 unspecified atom stereocenters. The molecule has 7 nitrogen and oxygen atoms in total. The van der Waals surface area contributed by atoms with Gasteiger partial charge in [0.15, 0.2) is 0 Å². The van der Waals surface area contributed by atoms with Crippen LogP contribution in [-0.4, -0.2) is 20.2 Å². The molecular weight excluding hydrogens is 272 g/mol. The Morgan fingerprint density at radius 3 is 2.95 bits per heavy atom. The Morgan fingerprint density at radius 1 is 1.29 bits per heavy atom. The van der Waals surface area contributed by atoms with Gasteiger partial charge in [-0.2, -0.15) is 0 Å². The summed E-state index contributed by atoms with van der Waals surface area (Å²) in [6.07, 6.45) is 5.01. The first-order chi connectivity index (χ1) is 10.1. The summed E-state index contributed by atoms with van der Waals surface area (Å²) < 4.78 is 1.78. The highest BCUT2D eigenvalue weighted by atomic mass is 16.6. The number of nitro groups is 1. The van der Waals surface area contributed by atoms with Crippen LogP contribution in [-0.2, 0) is 0 Å². The zero-order valence-electron chi connectivity index (χ0n) is 10.8. The topological polar surface area (TPSA) is 89.5 Å². The summed E-state index contributed by atoms with van der Waals surface area (Å²) in [4.78, 5) is 26.3. The Hall–Kier alpha value is -3.22. The first kappa shape index (κ1) is 12.8. The van der Waals surface area contributed by atoms with Crippen LogP contribution in [0.5, 0.6) is 0 Å². The van der Waals surface area contributed by atoms with E-state index in [1.807, 2.05) is 0 Å². The van der Waals surface area contributed by atoms with Crippen LogP contribution in [0.15, 0.2) is 55.1 Å². The van der Waals surface area contributed by atoms with Crippen molar-refractivity contribution in [1.29, 1.82) is 0 Å². The fraction of sp³-hybridized carbons (Fsp3) is 0. The number of carbonyl (C=O) groups excluding carboxylic acids is 1. The van der Waals surface area contributed by atoms with E-state index in [1.54, 1.807) is 41.3 Å². The predicted octanol–water partition coefficient (Wildman–Crippen LogP) is 2.49. The number of nitrogens with one attached hydrogen (secondary N) is 1. The molecule has 0 saturated heterocycles. The predicted molar refractivity (Wildman–Crippen MR) is 76.2 cm³/mol. The fourth-order valence-electron chi connectivity index (χ4n) is 1.96. The molecule has 0 aliphatic heterocycles. The van der Waals surface area contributed by atoms with Crippen molar-refractivity contribution in [3.05, 3.63) is 70.8 Å². The second-order valence-corrected chi connectivity index (χ2v) is 4.40. The molecule has 21 heavy (non-hydrogen) atoms. The van der Waals surface area contributed by atoms with Crippen LogP contribution < -0.4 is 5.32 Å². The van der Waals surface area contributed by atoms with Crippen molar-refractivity contribution >= 4 is 22.8 Å². The maximum atomic E-state index is 12.2. The van der Waals surface area contributed by atoms with Gasteiger partial charge >= 0.3 is 0 Å². The number of pyridine rings is 1. The summed E-state index contributed by atoms with van der Waals surface area (Å²) in [5, 5.41) is 13.3. The number of nitro benzene ring substituents is 1. The summed E-state index contributed by atoms with van der Waals surface area (Å²) in [6, 6.07) is 9.15. The molecule has 0 radical (unpaired) electrons. The van der Waals surface area contributed by atoms with Gasteiger partial charge in [-0.05, 0) is 18.2 Å². The number of amides is 1. The van der Waals surface area contributed by atoms with Gasteiger partial charge in [-0.1, -0.05) is 6.07 Å². The third-order valence-corrected chi connectivity index (χ3v) is 2.99. The number of non-ortho nitro benzene ring substituents is 1. The van der Waals surface area contributed by atoms with E-state index >= 15 is 0 Å². The highest BCUT2D eigenvalue weighted by Crippen LogP contribution is 2.18. The van der Waals surface area contributed by atoms with Crippen molar-refractivity contribution in [2.45, 2.75) is 0 Å². The lowest BCUT2D eigenvalue weighted by Crippen LogP contribution is -2.12. The van der Waals surface area contributed by atoms with Crippen molar-refractivity contribution in [2.24, 2.45) is 0 Å². The quantitative estimate of drug-likeness (QED) is 0.590. The van der Waals surface area contributed by atoms with Gasteiger partial charge < -0.3 is 9.72 Å². The summed E-state index contributed by atoms with van der Waals surface area (Å²) in [5.41, 5.74) is 1.55. The summed E-state index contributed by atoms with van der Waals surface area (Å²) >= 11 is 0. The van der Waals surface area contributed by atoms with Crippen molar-refractivity contribution in [3.63, 3.8) is 0 Å². The maximum Gasteiger partial charge on any atom is 0.271 e. The number of benzene rings is 1. The summed E-state index contributed by atoms with van der Waals surface area (Å²) in [7, 11) is 0. The third kappa shape index (κ3) is 2.57. The van der Waals surface area contributed by atoms with Crippen LogP contribution >= 0.6 is 0 Å². The molecule has 0 saturated carbocycles. The van der Waals surface area contributed by atoms with Crippen LogP contribution in [0.4, 0.5) is 11.4 Å². The van der Waals surface area contributed by atoms with E-state index in [9.17, 15) is 14.9 Å². The lowest BCUT2D eigenvalue weighted by Gasteiger charge is -2.05. The van der Waals surface area contributed by atoms with Gasteiger partial charge in [0.25, 0.3) is 11.6 Å². The zero-order chi connectivity index (χ0) is 14.8. The number of fused-ring (bicyclic) bond motifs is 1. The van der Waals surface area contributed by atoms with Crippen LogP contribution in [0.2, 0.25) is 0 Å². The van der Waals surface area contributed by atoms with Gasteiger partial charge in [-0.15, -0.1) is 0 Å². The Kier molecular flexibility index (Phi) is 3.07. The summed E-state index contributed by atoms with van der Waals surface area (Å²) in [6.45, 7) is 0. The van der Waals surface area contributed by atoms with Gasteiger partial charge in [0.1, 0.15) is 0 Å². The number of nitrogens with zero attached hydrogens (tertiary/aromatic N) is 3. The third-order valence-electron chi connectivity index (χ3n) is 2.99. The van der Waals surface area contributed by atoms with E-state index in [4.69, 9.17) is 0 Å². The average Bonchev–Trinajstić information content (AvgIpc) is 2.94. The Morgan fingerprint density at radius 2 is 2.14 bits per heavy atom. The second kappa shape index (κ2) is 5.04. The molecule has 0 fully saturated rings. The molecule has 3 rings (SSSR count). The molecule has 3 aromatic rings. The number of carbonyl (C=O) groups is 1. The first-order valence-electron chi connectivity index (χ1n) is 6.11. The molecule has 1 amide bonds. The van der Waals surface area contributed by atoms with E-state index in [-0.39, 0.29) is 11.6 Å². The highest BCUT2D eigenvalue weighted by Gasteiger charge is 2.10. The van der Waals surface area contributed by atoms with Crippen molar-refractivity contribution in [2.75, 3.05) is 5.32 Å². The minimum atomic E-state index is -0.506. The number of aromatic nitrogens is 2. The van der Waals surface area contributed by atoms with E-state index in [0.717, 1.165) is 5.52 Å². The summed E-state index contributed by atoms with van der Waals surface area (Å²) in [5.74, 6) is -0.334. The van der Waals surface area contributed by atoms with Crippen LogP contribution in [0.1, 0.15) is 10.4 Å². The molecule has 0 spiro atoms. The van der Waals surface area contributed by atoms with Gasteiger partial charge in [0.2, 0.25) is 0 Å². The maximum absolute atomic E-state index is 12.2. The molecule has 1 N–H and O–H groups in total. The lowest BCUT2D eigenvalue weighted by atomic mass is 10.2. The Bertz CT molecular complexity index is 841. The standard InChI is InChI=1S/C14H10N4O3/c19-14(10-4-5-17-9-15-8-13(17)6-10)16-11-2-1-3-12(7-11)18(20)21/h1-9H,(H,16,19). The van der Waals surface area contributed by atoms with Crippen molar-refractivity contribution < 1.29 is 9.72 Å². The lowest BCUT2D eigenvalue weighted by molar-refractivity contribution is -0.384. The van der Waals surface area contributed by atoms with Crippen LogP contribution in [0, 0.1) is 10.1 Å². The zero-order valence-corrected chi connectivity index (χ0v) is 10.8. The molecule has 1 aromatic carbocycles. The largest absolute Gasteiger partial charge is 0.322 e. The Labute approximate surface area is 119 Å². The fourth-order valence-corrected chi connectivity index (χ4v) is 1.96. The van der Waals surface area contributed by atoms with E-state index < -0.39 is 4.92 Å². The minimum absolute atomic E-state index is 0.0703. The second-order valence-electron chi connectivity index (χ2n) is 4.40. The normalized spacial score (nSPS) is 10.5. The van der Waals surface area contributed by atoms with E-state index in [2.05, 4.69) is 10.3 Å². The SMILES string of the molecule is O=C(Nc1cccc([N+](=O)[O-])c1)c1ccn2cncc2c1. The van der Waals surface area contributed by atoms with E-state index in [1.165, 1.54) is 18.2 Å². The van der Waals surface area contributed by atoms with Crippen LogP contribution in [0.3, 0.4) is 0 Å². The number of imidazole rings is 1. The smallest absolute Gasteiger partial charge is 0.271 e. The molecule has 2 aromatic heterocycles. The number of anilines is 1. The van der Waals surface area contributed by atoms with Gasteiger partial charge in [0, 0.05) is 29.6 Å². The molecule has 0 bridgehead atoms. The molecule has 0 aliphatic rings. The molecular formula is C14H10N4O3. The van der Waals surface area contributed by atoms with Gasteiger partial charge in [-0.25, -0.2) is 4.98 Å². The van der Waals surface area contributed by atoms with Crippen molar-refractivity contribution in [3.8, 4) is 0 Å². The molecule has 2 heterocycles.